The molecule has 2 rings (SSSR count). The van der Waals surface area contributed by atoms with Crippen molar-refractivity contribution < 1.29 is 23.1 Å². The van der Waals surface area contributed by atoms with Crippen LogP contribution in [0.3, 0.4) is 0 Å². The van der Waals surface area contributed by atoms with Gasteiger partial charge in [0.05, 0.1) is 6.07 Å². The molecule has 2 aromatic rings. The fourth-order valence-corrected chi connectivity index (χ4v) is 2.30. The molecule has 27 heavy (non-hydrogen) atoms. The highest BCUT2D eigenvalue weighted by Crippen LogP contribution is 2.14. The molecule has 2 N–H and O–H groups in total. The van der Waals surface area contributed by atoms with Crippen molar-refractivity contribution in [1.29, 1.82) is 5.26 Å². The van der Waals surface area contributed by atoms with Crippen LogP contribution < -0.4 is 10.6 Å². The van der Waals surface area contributed by atoms with E-state index in [1.807, 2.05) is 6.07 Å². The Bertz CT molecular complexity index is 818. The highest BCUT2D eigenvalue weighted by Gasteiger charge is 2.24. The summed E-state index contributed by atoms with van der Waals surface area (Å²) in [5, 5.41) is 13.1. The molecule has 0 fully saturated rings. The highest BCUT2D eigenvalue weighted by atomic mass is 19.1. The lowest BCUT2D eigenvalue weighted by atomic mass is 10.0. The van der Waals surface area contributed by atoms with Crippen LogP contribution in [0.2, 0.25) is 0 Å². The number of nitrogens with one attached hydrogen (secondary N) is 2. The van der Waals surface area contributed by atoms with E-state index < -0.39 is 36.1 Å². The number of ether oxygens (including phenoxy) is 1. The maximum absolute atomic E-state index is 13.9. The van der Waals surface area contributed by atoms with Crippen molar-refractivity contribution in [3.63, 3.8) is 0 Å². The van der Waals surface area contributed by atoms with Gasteiger partial charge in [0.25, 0.3) is 0 Å². The van der Waals surface area contributed by atoms with Crippen LogP contribution in [-0.2, 0) is 22.6 Å². The van der Waals surface area contributed by atoms with Gasteiger partial charge in [-0.15, -0.1) is 0 Å². The van der Waals surface area contributed by atoms with Gasteiger partial charge in [0.15, 0.2) is 0 Å². The van der Waals surface area contributed by atoms with Gasteiger partial charge in [-0.3, -0.25) is 4.79 Å². The minimum atomic E-state index is -1.31. The summed E-state index contributed by atoms with van der Waals surface area (Å²) in [7, 11) is 0. The van der Waals surface area contributed by atoms with Gasteiger partial charge >= 0.3 is 6.09 Å². The fraction of sp³-hybridized carbons (Fsp3) is 0.211. The summed E-state index contributed by atoms with van der Waals surface area (Å²) in [6.07, 6.45) is -1.36. The fourth-order valence-electron chi connectivity index (χ4n) is 2.30. The minimum Gasteiger partial charge on any atom is -0.445 e. The highest BCUT2D eigenvalue weighted by molar-refractivity contribution is 5.86. The first kappa shape index (κ1) is 19.8. The third-order valence-corrected chi connectivity index (χ3v) is 3.63. The molecule has 140 valence electrons. The monoisotopic (exact) mass is 373 g/mol. The van der Waals surface area contributed by atoms with E-state index in [9.17, 15) is 18.4 Å². The Hall–Kier alpha value is -3.47. The van der Waals surface area contributed by atoms with Gasteiger partial charge in [0.2, 0.25) is 5.91 Å². The molecule has 0 spiro atoms. The summed E-state index contributed by atoms with van der Waals surface area (Å²) in [6, 6.07) is 12.6. The lowest BCUT2D eigenvalue weighted by Crippen LogP contribution is -2.48. The van der Waals surface area contributed by atoms with E-state index in [2.05, 4.69) is 10.6 Å². The first-order valence-electron chi connectivity index (χ1n) is 8.06. The van der Waals surface area contributed by atoms with Crippen molar-refractivity contribution in [3.05, 3.63) is 71.3 Å². The van der Waals surface area contributed by atoms with Crippen LogP contribution >= 0.6 is 0 Å². The molecule has 0 aromatic heterocycles. The van der Waals surface area contributed by atoms with Gasteiger partial charge in [-0.05, 0) is 17.7 Å². The largest absolute Gasteiger partial charge is 0.445 e. The Morgan fingerprint density at radius 2 is 1.74 bits per heavy atom. The lowest BCUT2D eigenvalue weighted by Gasteiger charge is -2.18. The van der Waals surface area contributed by atoms with Gasteiger partial charge in [-0.1, -0.05) is 36.4 Å². The summed E-state index contributed by atoms with van der Waals surface area (Å²) >= 11 is 0. The van der Waals surface area contributed by atoms with Crippen LogP contribution in [0.15, 0.2) is 48.5 Å². The van der Waals surface area contributed by atoms with E-state index in [1.165, 1.54) is 6.07 Å². The number of halogens is 2. The minimum absolute atomic E-state index is 0.0345. The van der Waals surface area contributed by atoms with Gasteiger partial charge in [0.1, 0.15) is 30.8 Å². The second kappa shape index (κ2) is 9.87. The van der Waals surface area contributed by atoms with E-state index in [1.54, 1.807) is 30.3 Å². The number of nitriles is 1. The summed E-state index contributed by atoms with van der Waals surface area (Å²) in [5.41, 5.74) is 0.385. The van der Waals surface area contributed by atoms with E-state index in [-0.39, 0.29) is 18.7 Å². The van der Waals surface area contributed by atoms with Crippen LogP contribution in [-0.4, -0.2) is 24.6 Å². The molecule has 1 unspecified atom stereocenters. The van der Waals surface area contributed by atoms with Crippen LogP contribution in [0.5, 0.6) is 0 Å². The van der Waals surface area contributed by atoms with Crippen molar-refractivity contribution in [1.82, 2.24) is 10.6 Å². The molecular weight excluding hydrogens is 356 g/mol. The number of hydrogen-bond donors (Lipinski definition) is 2. The van der Waals surface area contributed by atoms with Crippen LogP contribution in [0.1, 0.15) is 11.1 Å². The zero-order valence-electron chi connectivity index (χ0n) is 14.2. The Labute approximate surface area is 154 Å². The molecule has 0 bridgehead atoms. The van der Waals surface area contributed by atoms with Gasteiger partial charge in [0, 0.05) is 12.0 Å². The molecule has 0 heterocycles. The summed E-state index contributed by atoms with van der Waals surface area (Å²) in [6.45, 7) is -0.344. The van der Waals surface area contributed by atoms with Gasteiger partial charge in [-0.25, -0.2) is 13.6 Å². The molecular formula is C19H17F2N3O3. The van der Waals surface area contributed by atoms with Crippen LogP contribution in [0.25, 0.3) is 0 Å². The Morgan fingerprint density at radius 3 is 2.37 bits per heavy atom. The number of carbonyl (C=O) groups is 2. The molecule has 6 nitrogen and oxygen atoms in total. The van der Waals surface area contributed by atoms with E-state index in [4.69, 9.17) is 10.00 Å². The zero-order valence-corrected chi connectivity index (χ0v) is 14.2. The summed E-state index contributed by atoms with van der Waals surface area (Å²) in [5.74, 6) is -2.43. The van der Waals surface area contributed by atoms with Crippen LogP contribution in [0.4, 0.5) is 13.6 Å². The average molecular weight is 373 g/mol. The van der Waals surface area contributed by atoms with Crippen molar-refractivity contribution in [3.8, 4) is 6.07 Å². The molecule has 2 aromatic carbocycles. The number of benzene rings is 2. The van der Waals surface area contributed by atoms with E-state index >= 15 is 0 Å². The van der Waals surface area contributed by atoms with Gasteiger partial charge < -0.3 is 15.4 Å². The van der Waals surface area contributed by atoms with Crippen molar-refractivity contribution >= 4 is 12.0 Å². The number of rotatable bonds is 7. The number of nitrogens with zero attached hydrogens (tertiary/aromatic N) is 1. The van der Waals surface area contributed by atoms with Crippen molar-refractivity contribution in [2.75, 3.05) is 6.54 Å². The molecule has 0 aliphatic rings. The van der Waals surface area contributed by atoms with Crippen molar-refractivity contribution in [2.45, 2.75) is 19.1 Å². The van der Waals surface area contributed by atoms with Crippen LogP contribution in [0, 0.1) is 23.0 Å². The number of carbonyl (C=O) groups excluding carboxylic acids is 2. The molecule has 0 radical (unpaired) electrons. The zero-order chi connectivity index (χ0) is 19.6. The predicted molar refractivity (Wildman–Crippen MR) is 92.2 cm³/mol. The maximum Gasteiger partial charge on any atom is 0.408 e. The Morgan fingerprint density at radius 1 is 1.07 bits per heavy atom. The molecule has 0 saturated heterocycles. The normalized spacial score (nSPS) is 11.1. The van der Waals surface area contributed by atoms with Crippen molar-refractivity contribution in [2.24, 2.45) is 0 Å². The summed E-state index contributed by atoms with van der Waals surface area (Å²) in [4.78, 5) is 24.2. The van der Waals surface area contributed by atoms with E-state index in [0.29, 0.717) is 0 Å². The molecule has 1 atom stereocenters. The summed E-state index contributed by atoms with van der Waals surface area (Å²) < 4.78 is 32.8. The lowest BCUT2D eigenvalue weighted by molar-refractivity contribution is -0.122. The average Bonchev–Trinajstić information content (AvgIpc) is 2.67. The SMILES string of the molecule is N#CCNC(=O)C(Cc1c(F)cccc1F)NC(=O)OCc1ccccc1. The smallest absolute Gasteiger partial charge is 0.408 e. The predicted octanol–water partition coefficient (Wildman–Crippen LogP) is 2.44. The van der Waals surface area contributed by atoms with Gasteiger partial charge in [-0.2, -0.15) is 5.26 Å². The molecule has 0 saturated carbocycles. The number of alkyl carbamates (subject to hydrolysis) is 1. The topological polar surface area (TPSA) is 91.2 Å². The first-order valence-corrected chi connectivity index (χ1v) is 8.06. The quantitative estimate of drug-likeness (QED) is 0.730. The first-order chi connectivity index (χ1) is 13.0. The van der Waals surface area contributed by atoms with E-state index in [0.717, 1.165) is 17.7 Å². The second-order valence-corrected chi connectivity index (χ2v) is 5.54. The molecule has 0 aliphatic heterocycles. The maximum atomic E-state index is 13.9. The molecule has 0 aliphatic carbocycles. The Kier molecular flexibility index (Phi) is 7.26. The third-order valence-electron chi connectivity index (χ3n) is 3.63. The molecule has 8 heteroatoms. The Balaban J connectivity index is 2.06. The second-order valence-electron chi connectivity index (χ2n) is 5.54. The number of hydrogen-bond acceptors (Lipinski definition) is 4. The third kappa shape index (κ3) is 6.08. The standard InChI is InChI=1S/C19H17F2N3O3/c20-15-7-4-8-16(21)14(15)11-17(18(25)23-10-9-22)24-19(26)27-12-13-5-2-1-3-6-13/h1-8,17H,10-12H2,(H,23,25)(H,24,26). The molecule has 2 amide bonds. The number of amides is 2.